The quantitative estimate of drug-likeness (QED) is 0.805. The topological polar surface area (TPSA) is 38.8 Å². The molecule has 2 aliphatic heterocycles. The van der Waals surface area contributed by atoms with Gasteiger partial charge >= 0.3 is 0 Å². The van der Waals surface area contributed by atoms with E-state index in [1.165, 1.54) is 5.56 Å². The number of hydrogen-bond donors (Lipinski definition) is 1. The molecule has 2 aromatic rings. The maximum absolute atomic E-state index is 13.1. The molecule has 0 aliphatic carbocycles. The highest BCUT2D eigenvalue weighted by Gasteiger charge is 2.31. The van der Waals surface area contributed by atoms with Crippen LogP contribution in [0.1, 0.15) is 5.56 Å². The van der Waals surface area contributed by atoms with Crippen LogP contribution in [-0.2, 0) is 11.3 Å². The molecule has 0 aromatic heterocycles. The van der Waals surface area contributed by atoms with Crippen LogP contribution in [0.5, 0.6) is 0 Å². The highest BCUT2D eigenvalue weighted by Crippen LogP contribution is 2.27. The Balaban J connectivity index is 1.31. The third kappa shape index (κ3) is 5.04. The Morgan fingerprint density at radius 2 is 1.72 bits per heavy atom. The Labute approximate surface area is 182 Å². The minimum absolute atomic E-state index is 0.135. The van der Waals surface area contributed by atoms with Crippen LogP contribution in [0.2, 0.25) is 10.0 Å². The second-order valence-corrected chi connectivity index (χ2v) is 8.45. The summed E-state index contributed by atoms with van der Waals surface area (Å²) in [6, 6.07) is 16.0. The summed E-state index contributed by atoms with van der Waals surface area (Å²) in [5, 5.41) is 4.54. The summed E-state index contributed by atoms with van der Waals surface area (Å²) in [4.78, 5) is 19.7. The maximum atomic E-state index is 13.1. The van der Waals surface area contributed by atoms with Gasteiger partial charge in [-0.2, -0.15) is 0 Å². The standard InChI is InChI=1S/C22H26Cl2N4O/c23-19-7-6-18(14-20(19)24)27-10-12-28(13-11-27)22(29)21-16-26(9-8-25-21)15-17-4-2-1-3-5-17/h1-7,14,21,25H,8-13,15-16H2/t21-/m1/s1. The van der Waals surface area contributed by atoms with Crippen molar-refractivity contribution >= 4 is 34.8 Å². The molecular formula is C22H26Cl2N4O. The van der Waals surface area contributed by atoms with Crippen molar-refractivity contribution in [2.45, 2.75) is 12.6 Å². The fourth-order valence-electron chi connectivity index (χ4n) is 4.05. The molecule has 2 heterocycles. The number of anilines is 1. The molecule has 29 heavy (non-hydrogen) atoms. The summed E-state index contributed by atoms with van der Waals surface area (Å²) in [7, 11) is 0. The van der Waals surface area contributed by atoms with E-state index in [1.807, 2.05) is 29.2 Å². The Hall–Kier alpha value is -1.79. The number of rotatable bonds is 4. The lowest BCUT2D eigenvalue weighted by atomic mass is 10.1. The van der Waals surface area contributed by atoms with Crippen molar-refractivity contribution < 1.29 is 4.79 Å². The van der Waals surface area contributed by atoms with Crippen molar-refractivity contribution in [2.24, 2.45) is 0 Å². The van der Waals surface area contributed by atoms with E-state index >= 15 is 0 Å². The summed E-state index contributed by atoms with van der Waals surface area (Å²) in [5.41, 5.74) is 2.34. The number of carbonyl (C=O) groups excluding carboxylic acids is 1. The van der Waals surface area contributed by atoms with E-state index in [9.17, 15) is 4.79 Å². The number of hydrogen-bond acceptors (Lipinski definition) is 4. The summed E-state index contributed by atoms with van der Waals surface area (Å²) < 4.78 is 0. The zero-order valence-corrected chi connectivity index (χ0v) is 17.9. The summed E-state index contributed by atoms with van der Waals surface area (Å²) in [5.74, 6) is 0.205. The highest BCUT2D eigenvalue weighted by molar-refractivity contribution is 6.42. The van der Waals surface area contributed by atoms with Gasteiger partial charge in [0, 0.05) is 58.0 Å². The number of nitrogens with one attached hydrogen (secondary N) is 1. The van der Waals surface area contributed by atoms with Crippen molar-refractivity contribution in [3.8, 4) is 0 Å². The number of carbonyl (C=O) groups is 1. The van der Waals surface area contributed by atoms with Crippen molar-refractivity contribution in [3.63, 3.8) is 0 Å². The van der Waals surface area contributed by atoms with E-state index in [1.54, 1.807) is 0 Å². The van der Waals surface area contributed by atoms with Gasteiger partial charge in [0.1, 0.15) is 0 Å². The Morgan fingerprint density at radius 1 is 0.966 bits per heavy atom. The van der Waals surface area contributed by atoms with E-state index in [0.29, 0.717) is 10.0 Å². The molecule has 7 heteroatoms. The summed E-state index contributed by atoms with van der Waals surface area (Å²) >= 11 is 12.2. The molecular weight excluding hydrogens is 407 g/mol. The van der Waals surface area contributed by atoms with E-state index < -0.39 is 0 Å². The van der Waals surface area contributed by atoms with Crippen molar-refractivity contribution in [1.29, 1.82) is 0 Å². The zero-order valence-electron chi connectivity index (χ0n) is 16.4. The SMILES string of the molecule is O=C([C@H]1CN(Cc2ccccc2)CCN1)N1CCN(c2ccc(Cl)c(Cl)c2)CC1. The summed E-state index contributed by atoms with van der Waals surface area (Å²) in [6.45, 7) is 6.47. The molecule has 1 amide bonds. The van der Waals surface area contributed by atoms with E-state index in [-0.39, 0.29) is 11.9 Å². The highest BCUT2D eigenvalue weighted by atomic mass is 35.5. The van der Waals surface area contributed by atoms with E-state index in [4.69, 9.17) is 23.2 Å². The minimum atomic E-state index is -0.135. The molecule has 2 aromatic carbocycles. The first kappa shape index (κ1) is 20.5. The smallest absolute Gasteiger partial charge is 0.241 e. The first-order valence-electron chi connectivity index (χ1n) is 10.1. The van der Waals surface area contributed by atoms with Crippen molar-refractivity contribution in [3.05, 3.63) is 64.1 Å². The molecule has 4 rings (SSSR count). The molecule has 2 fully saturated rings. The molecule has 2 aliphatic rings. The monoisotopic (exact) mass is 432 g/mol. The zero-order chi connectivity index (χ0) is 20.2. The van der Waals surface area contributed by atoms with Gasteiger partial charge in [-0.15, -0.1) is 0 Å². The van der Waals surface area contributed by atoms with E-state index in [0.717, 1.165) is 58.0 Å². The van der Waals surface area contributed by atoms with Crippen LogP contribution in [0.25, 0.3) is 0 Å². The number of nitrogens with zero attached hydrogens (tertiary/aromatic N) is 3. The fraction of sp³-hybridized carbons (Fsp3) is 0.409. The lowest BCUT2D eigenvalue weighted by Crippen LogP contribution is -2.60. The molecule has 1 atom stereocenters. The maximum Gasteiger partial charge on any atom is 0.241 e. The van der Waals surface area contributed by atoms with Crippen LogP contribution in [0.15, 0.2) is 48.5 Å². The molecule has 0 radical (unpaired) electrons. The van der Waals surface area contributed by atoms with Gasteiger partial charge in [0.05, 0.1) is 16.1 Å². The number of amides is 1. The fourth-order valence-corrected chi connectivity index (χ4v) is 4.34. The van der Waals surface area contributed by atoms with Crippen LogP contribution < -0.4 is 10.2 Å². The molecule has 154 valence electrons. The van der Waals surface area contributed by atoms with Gasteiger partial charge in [0.25, 0.3) is 0 Å². The molecule has 0 bridgehead atoms. The third-order valence-corrected chi connectivity index (χ3v) is 6.41. The summed E-state index contributed by atoms with van der Waals surface area (Å²) in [6.07, 6.45) is 0. The van der Waals surface area contributed by atoms with Crippen molar-refractivity contribution in [2.75, 3.05) is 50.7 Å². The predicted octanol–water partition coefficient (Wildman–Crippen LogP) is 3.12. The van der Waals surface area contributed by atoms with Gasteiger partial charge in [-0.25, -0.2) is 0 Å². The third-order valence-electron chi connectivity index (χ3n) is 5.67. The first-order valence-corrected chi connectivity index (χ1v) is 10.8. The number of piperazine rings is 2. The van der Waals surface area contributed by atoms with Crippen LogP contribution in [0.4, 0.5) is 5.69 Å². The van der Waals surface area contributed by atoms with Gasteiger partial charge < -0.3 is 15.1 Å². The van der Waals surface area contributed by atoms with Crippen LogP contribution in [0, 0.1) is 0 Å². The number of benzene rings is 2. The van der Waals surface area contributed by atoms with Crippen LogP contribution >= 0.6 is 23.2 Å². The Morgan fingerprint density at radius 3 is 2.45 bits per heavy atom. The largest absolute Gasteiger partial charge is 0.368 e. The first-order chi connectivity index (χ1) is 14.1. The average Bonchev–Trinajstić information content (AvgIpc) is 2.76. The van der Waals surface area contributed by atoms with Crippen molar-refractivity contribution in [1.82, 2.24) is 15.1 Å². The van der Waals surface area contributed by atoms with Gasteiger partial charge in [-0.05, 0) is 23.8 Å². The lowest BCUT2D eigenvalue weighted by molar-refractivity contribution is -0.135. The van der Waals surface area contributed by atoms with Gasteiger partial charge in [0.15, 0.2) is 0 Å². The van der Waals surface area contributed by atoms with Gasteiger partial charge in [-0.3, -0.25) is 9.69 Å². The van der Waals surface area contributed by atoms with E-state index in [2.05, 4.69) is 39.4 Å². The Kier molecular flexibility index (Phi) is 6.60. The molecule has 0 unspecified atom stereocenters. The van der Waals surface area contributed by atoms with Crippen LogP contribution in [-0.4, -0.2) is 67.6 Å². The normalized spacial score (nSPS) is 20.7. The van der Waals surface area contributed by atoms with Crippen LogP contribution in [0.3, 0.4) is 0 Å². The second-order valence-electron chi connectivity index (χ2n) is 7.64. The second kappa shape index (κ2) is 9.35. The lowest BCUT2D eigenvalue weighted by Gasteiger charge is -2.40. The predicted molar refractivity (Wildman–Crippen MR) is 119 cm³/mol. The molecule has 0 spiro atoms. The molecule has 1 N–H and O–H groups in total. The van der Waals surface area contributed by atoms with Gasteiger partial charge in [-0.1, -0.05) is 53.5 Å². The Bertz CT molecular complexity index is 840. The molecule has 0 saturated carbocycles. The minimum Gasteiger partial charge on any atom is -0.368 e. The number of halogens is 2. The molecule has 5 nitrogen and oxygen atoms in total. The van der Waals surface area contributed by atoms with Gasteiger partial charge in [0.2, 0.25) is 5.91 Å². The average molecular weight is 433 g/mol. The molecule has 2 saturated heterocycles.